The summed E-state index contributed by atoms with van der Waals surface area (Å²) in [4.78, 5) is 12.7. The first-order valence-corrected chi connectivity index (χ1v) is 20.3. The van der Waals surface area contributed by atoms with Gasteiger partial charge in [-0.1, -0.05) is 169 Å². The van der Waals surface area contributed by atoms with Crippen molar-refractivity contribution >= 4 is 11.8 Å². The van der Waals surface area contributed by atoms with Gasteiger partial charge in [-0.25, -0.2) is 9.97 Å². The molecule has 0 saturated heterocycles. The standard InChI is InChI=1S/C54H33N3S/c55-34-35-22-28-51-47(30-35)54(45-20-9-7-18-43(45)44-19-8-10-21-46(44)54)48-32-41(27-29-52(48)58-51)40-16-11-17-42(31-40)50-33-49(56-53(57-50)39-14-5-2-6-15-39)38-25-23-37(24-26-38)36-12-3-1-4-13-36/h1-33H. The number of aromatic nitrogens is 2. The third-order valence-corrected chi connectivity index (χ3v) is 12.8. The number of nitrogens with zero attached hydrogens (tertiary/aromatic N) is 3. The van der Waals surface area contributed by atoms with Gasteiger partial charge in [0.05, 0.1) is 28.4 Å². The topological polar surface area (TPSA) is 49.6 Å². The lowest BCUT2D eigenvalue weighted by molar-refractivity contribution is 0.722. The maximum absolute atomic E-state index is 10.1. The molecule has 0 atom stereocenters. The molecule has 270 valence electrons. The van der Waals surface area contributed by atoms with Gasteiger partial charge in [-0.05, 0) is 98.1 Å². The van der Waals surface area contributed by atoms with Crippen molar-refractivity contribution in [1.29, 1.82) is 5.26 Å². The molecule has 4 heteroatoms. The van der Waals surface area contributed by atoms with Gasteiger partial charge in [0.1, 0.15) is 0 Å². The third-order valence-electron chi connectivity index (χ3n) is 11.6. The van der Waals surface area contributed by atoms with Gasteiger partial charge in [0.15, 0.2) is 5.82 Å². The highest BCUT2D eigenvalue weighted by Gasteiger charge is 2.50. The Morgan fingerprint density at radius 1 is 0.379 bits per heavy atom. The Labute approximate surface area is 342 Å². The van der Waals surface area contributed by atoms with E-state index in [1.807, 2.05) is 30.3 Å². The second kappa shape index (κ2) is 13.7. The van der Waals surface area contributed by atoms with Gasteiger partial charge in [-0.2, -0.15) is 5.26 Å². The summed E-state index contributed by atoms with van der Waals surface area (Å²) >= 11 is 1.79. The summed E-state index contributed by atoms with van der Waals surface area (Å²) in [5, 5.41) is 10.1. The molecule has 1 spiro atoms. The minimum atomic E-state index is -0.578. The predicted molar refractivity (Wildman–Crippen MR) is 235 cm³/mol. The van der Waals surface area contributed by atoms with Gasteiger partial charge in [0, 0.05) is 26.5 Å². The van der Waals surface area contributed by atoms with Crippen LogP contribution in [0.25, 0.3) is 67.3 Å². The Balaban J connectivity index is 1.06. The number of nitriles is 1. The molecule has 1 aromatic heterocycles. The van der Waals surface area contributed by atoms with Crippen LogP contribution in [0.2, 0.25) is 0 Å². The van der Waals surface area contributed by atoms with Gasteiger partial charge in [-0.3, -0.25) is 0 Å². The lowest BCUT2D eigenvalue weighted by Crippen LogP contribution is -2.32. The molecule has 0 fully saturated rings. The van der Waals surface area contributed by atoms with Crippen LogP contribution in [-0.4, -0.2) is 9.97 Å². The highest BCUT2D eigenvalue weighted by Crippen LogP contribution is 2.62. The monoisotopic (exact) mass is 755 g/mol. The highest BCUT2D eigenvalue weighted by atomic mass is 32.2. The van der Waals surface area contributed by atoms with Gasteiger partial charge >= 0.3 is 0 Å². The molecule has 8 aromatic carbocycles. The van der Waals surface area contributed by atoms with Crippen LogP contribution in [0.3, 0.4) is 0 Å². The molecule has 0 N–H and O–H groups in total. The van der Waals surface area contributed by atoms with E-state index < -0.39 is 5.41 Å². The van der Waals surface area contributed by atoms with Crippen LogP contribution in [0.15, 0.2) is 210 Å². The van der Waals surface area contributed by atoms with Crippen LogP contribution in [0, 0.1) is 11.3 Å². The van der Waals surface area contributed by atoms with Crippen molar-refractivity contribution in [3.63, 3.8) is 0 Å². The Morgan fingerprint density at radius 2 is 0.879 bits per heavy atom. The molecule has 0 amide bonds. The van der Waals surface area contributed by atoms with Crippen molar-refractivity contribution in [3.8, 4) is 73.4 Å². The minimum Gasteiger partial charge on any atom is -0.228 e. The second-order valence-electron chi connectivity index (χ2n) is 14.8. The van der Waals surface area contributed by atoms with Crippen LogP contribution in [0.1, 0.15) is 27.8 Å². The fourth-order valence-corrected chi connectivity index (χ4v) is 10.1. The van der Waals surface area contributed by atoms with Crippen LogP contribution in [-0.2, 0) is 5.41 Å². The molecule has 2 aliphatic rings. The summed E-state index contributed by atoms with van der Waals surface area (Å²) in [7, 11) is 0. The fourth-order valence-electron chi connectivity index (χ4n) is 8.93. The van der Waals surface area contributed by atoms with E-state index in [0.29, 0.717) is 11.4 Å². The summed E-state index contributed by atoms with van der Waals surface area (Å²) in [6, 6.07) is 73.2. The molecule has 11 rings (SSSR count). The number of rotatable bonds is 5. The molecule has 1 aliphatic heterocycles. The third kappa shape index (κ3) is 5.44. The fraction of sp³-hybridized carbons (Fsp3) is 0.0185. The largest absolute Gasteiger partial charge is 0.228 e. The van der Waals surface area contributed by atoms with Crippen molar-refractivity contribution in [3.05, 3.63) is 228 Å². The normalized spacial score (nSPS) is 12.9. The van der Waals surface area contributed by atoms with Gasteiger partial charge in [0.25, 0.3) is 0 Å². The van der Waals surface area contributed by atoms with E-state index in [0.717, 1.165) is 44.8 Å². The van der Waals surface area contributed by atoms with Crippen molar-refractivity contribution in [2.45, 2.75) is 15.2 Å². The van der Waals surface area contributed by atoms with E-state index in [1.54, 1.807) is 11.8 Å². The molecular formula is C54H33N3S. The van der Waals surface area contributed by atoms with E-state index in [2.05, 4.69) is 176 Å². The Hall–Kier alpha value is -7.32. The second-order valence-corrected chi connectivity index (χ2v) is 15.9. The molecule has 9 aromatic rings. The number of fused-ring (bicyclic) bond motifs is 9. The first-order chi connectivity index (χ1) is 28.7. The SMILES string of the molecule is N#Cc1ccc2c(c1)C1(c3cc(-c4cccc(-c5cc(-c6ccc(-c7ccccc7)cc6)nc(-c6ccccc6)n5)c4)ccc3S2)c2ccccc2-c2ccccc21. The van der Waals surface area contributed by atoms with E-state index in [-0.39, 0.29) is 0 Å². The smallest absolute Gasteiger partial charge is 0.160 e. The van der Waals surface area contributed by atoms with Crippen molar-refractivity contribution < 1.29 is 0 Å². The molecule has 1 aliphatic carbocycles. The quantitative estimate of drug-likeness (QED) is 0.175. The van der Waals surface area contributed by atoms with E-state index >= 15 is 0 Å². The number of hydrogen-bond donors (Lipinski definition) is 0. The lowest BCUT2D eigenvalue weighted by Gasteiger charge is -2.40. The Kier molecular flexibility index (Phi) is 8.03. The van der Waals surface area contributed by atoms with Gasteiger partial charge in [0.2, 0.25) is 0 Å². The van der Waals surface area contributed by atoms with E-state index in [1.165, 1.54) is 48.7 Å². The summed E-state index contributed by atoms with van der Waals surface area (Å²) < 4.78 is 0. The van der Waals surface area contributed by atoms with Crippen LogP contribution in [0.4, 0.5) is 0 Å². The minimum absolute atomic E-state index is 0.578. The Bertz CT molecular complexity index is 3050. The summed E-state index contributed by atoms with van der Waals surface area (Å²) in [5.41, 5.74) is 16.8. The molecule has 0 saturated carbocycles. The highest BCUT2D eigenvalue weighted by molar-refractivity contribution is 7.99. The van der Waals surface area contributed by atoms with Gasteiger partial charge < -0.3 is 0 Å². The molecule has 2 heterocycles. The summed E-state index contributed by atoms with van der Waals surface area (Å²) in [6.07, 6.45) is 0. The molecule has 3 nitrogen and oxygen atoms in total. The maximum atomic E-state index is 10.1. The van der Waals surface area contributed by atoms with Crippen LogP contribution in [0.5, 0.6) is 0 Å². The molecule has 58 heavy (non-hydrogen) atoms. The zero-order valence-corrected chi connectivity index (χ0v) is 32.1. The molecule has 0 unspecified atom stereocenters. The first kappa shape index (κ1) is 34.0. The zero-order valence-electron chi connectivity index (χ0n) is 31.3. The first-order valence-electron chi connectivity index (χ1n) is 19.4. The van der Waals surface area contributed by atoms with Crippen molar-refractivity contribution in [2.75, 3.05) is 0 Å². The van der Waals surface area contributed by atoms with E-state index in [9.17, 15) is 5.26 Å². The van der Waals surface area contributed by atoms with E-state index in [4.69, 9.17) is 9.97 Å². The molecular weight excluding hydrogens is 723 g/mol. The average molecular weight is 756 g/mol. The predicted octanol–water partition coefficient (Wildman–Crippen LogP) is 13.5. The number of hydrogen-bond acceptors (Lipinski definition) is 4. The number of benzene rings is 8. The average Bonchev–Trinajstić information content (AvgIpc) is 3.60. The zero-order chi connectivity index (χ0) is 38.6. The summed E-state index contributed by atoms with van der Waals surface area (Å²) in [6.45, 7) is 0. The molecule has 0 radical (unpaired) electrons. The van der Waals surface area contributed by atoms with Crippen LogP contribution >= 0.6 is 11.8 Å². The van der Waals surface area contributed by atoms with Crippen molar-refractivity contribution in [2.24, 2.45) is 0 Å². The van der Waals surface area contributed by atoms with Crippen LogP contribution < -0.4 is 0 Å². The molecule has 0 bridgehead atoms. The van der Waals surface area contributed by atoms with Gasteiger partial charge in [-0.15, -0.1) is 0 Å². The maximum Gasteiger partial charge on any atom is 0.160 e. The summed E-state index contributed by atoms with van der Waals surface area (Å²) in [5.74, 6) is 0.687. The lowest BCUT2D eigenvalue weighted by atomic mass is 9.66. The van der Waals surface area contributed by atoms with Crippen molar-refractivity contribution in [1.82, 2.24) is 9.97 Å². The Morgan fingerprint density at radius 3 is 1.57 bits per heavy atom.